The zero-order valence-corrected chi connectivity index (χ0v) is 14.5. The van der Waals surface area contributed by atoms with Gasteiger partial charge in [0.15, 0.2) is 0 Å². The molecular formula is C17H17F3N6O2. The van der Waals surface area contributed by atoms with Crippen LogP contribution in [0, 0.1) is 0 Å². The molecule has 1 unspecified atom stereocenters. The third kappa shape index (κ3) is 4.49. The number of carbonyl (C=O) groups excluding carboxylic acids is 2. The Kier molecular flexibility index (Phi) is 5.36. The molecule has 1 aliphatic carbocycles. The van der Waals surface area contributed by atoms with Gasteiger partial charge < -0.3 is 10.6 Å². The lowest BCUT2D eigenvalue weighted by Gasteiger charge is -2.19. The molecule has 0 fully saturated rings. The van der Waals surface area contributed by atoms with E-state index in [0.29, 0.717) is 23.3 Å². The number of nitrogens with one attached hydrogen (secondary N) is 3. The number of urea groups is 1. The van der Waals surface area contributed by atoms with E-state index >= 15 is 0 Å². The van der Waals surface area contributed by atoms with E-state index in [1.54, 1.807) is 46.4 Å². The molecule has 2 aromatic heterocycles. The fourth-order valence-corrected chi connectivity index (χ4v) is 2.77. The minimum absolute atomic E-state index is 0.348. The van der Waals surface area contributed by atoms with E-state index in [1.165, 1.54) is 0 Å². The summed E-state index contributed by atoms with van der Waals surface area (Å²) in [6.07, 6.45) is 4.60. The number of alkyl halides is 3. The molecular weight excluding hydrogens is 377 g/mol. The maximum absolute atomic E-state index is 12.2. The van der Waals surface area contributed by atoms with Gasteiger partial charge in [-0.15, -0.1) is 0 Å². The minimum atomic E-state index is -4.47. The number of pyridine rings is 1. The predicted molar refractivity (Wildman–Crippen MR) is 95.0 cm³/mol. The summed E-state index contributed by atoms with van der Waals surface area (Å²) in [5.41, 5.74) is 4.34. The first-order valence-electron chi connectivity index (χ1n) is 8.25. The Balaban J connectivity index is 1.76. The summed E-state index contributed by atoms with van der Waals surface area (Å²) in [6, 6.07) is 1.78. The molecule has 3 rings (SSSR count). The van der Waals surface area contributed by atoms with Crippen LogP contribution in [-0.2, 0) is 0 Å². The predicted octanol–water partition coefficient (Wildman–Crippen LogP) is 1.51. The number of carbonyl (C=O) groups is 2. The largest absolute Gasteiger partial charge is 0.405 e. The third-order valence-electron chi connectivity index (χ3n) is 4.04. The normalized spacial score (nSPS) is 16.6. The van der Waals surface area contributed by atoms with Crippen molar-refractivity contribution in [3.05, 3.63) is 54.0 Å². The second-order valence-corrected chi connectivity index (χ2v) is 6.07. The van der Waals surface area contributed by atoms with Crippen LogP contribution in [0.2, 0.25) is 0 Å². The number of hydrogen-bond donors (Lipinski definition) is 4. The second kappa shape index (κ2) is 7.72. The van der Waals surface area contributed by atoms with Crippen molar-refractivity contribution in [3.63, 3.8) is 0 Å². The van der Waals surface area contributed by atoms with Crippen molar-refractivity contribution in [2.45, 2.75) is 18.6 Å². The van der Waals surface area contributed by atoms with E-state index in [9.17, 15) is 22.8 Å². The number of nitrogens with two attached hydrogens (primary N) is 1. The van der Waals surface area contributed by atoms with Gasteiger partial charge in [0.1, 0.15) is 12.2 Å². The van der Waals surface area contributed by atoms with Crippen LogP contribution in [0.3, 0.4) is 0 Å². The van der Waals surface area contributed by atoms with Gasteiger partial charge in [-0.2, -0.15) is 13.2 Å². The number of nitrogens with zero attached hydrogens (tertiary/aromatic N) is 2. The van der Waals surface area contributed by atoms with Crippen molar-refractivity contribution in [1.29, 1.82) is 0 Å². The number of hydrogen-bond acceptors (Lipinski definition) is 4. The Morgan fingerprint density at radius 1 is 1.36 bits per heavy atom. The van der Waals surface area contributed by atoms with E-state index in [-0.39, 0.29) is 0 Å². The number of aromatic nitrogens is 2. The summed E-state index contributed by atoms with van der Waals surface area (Å²) in [7, 11) is 0. The average Bonchev–Trinajstić information content (AvgIpc) is 3.08. The smallest absolute Gasteiger partial charge is 0.332 e. The van der Waals surface area contributed by atoms with Gasteiger partial charge in [-0.25, -0.2) is 15.6 Å². The highest BCUT2D eigenvalue weighted by Crippen LogP contribution is 2.23. The molecule has 3 amide bonds. The fourth-order valence-electron chi connectivity index (χ4n) is 2.77. The summed E-state index contributed by atoms with van der Waals surface area (Å²) in [4.78, 5) is 27.5. The molecule has 148 valence electrons. The molecule has 0 aromatic carbocycles. The summed E-state index contributed by atoms with van der Waals surface area (Å²) in [5.74, 6) is 4.68. The molecule has 5 N–H and O–H groups in total. The van der Waals surface area contributed by atoms with Crippen LogP contribution in [0.5, 0.6) is 0 Å². The molecule has 0 radical (unpaired) electrons. The average molecular weight is 394 g/mol. The first-order valence-corrected chi connectivity index (χ1v) is 8.25. The van der Waals surface area contributed by atoms with E-state index in [0.717, 1.165) is 5.57 Å². The molecule has 0 saturated carbocycles. The Morgan fingerprint density at radius 3 is 2.86 bits per heavy atom. The lowest BCUT2D eigenvalue weighted by atomic mass is 10.0. The zero-order chi connectivity index (χ0) is 20.3. The first kappa shape index (κ1) is 19.4. The molecule has 1 atom stereocenters. The standard InChI is InChI=1S/C17H17F3N6O2/c18-17(19,20)9-23-16(28)24-12-3-1-2-10(6-12)13-8-22-14-7-11(15(27)25-21)4-5-26(13)14/h1-2,4-8,12H,3,9,21H2,(H,25,27)(H2,23,24,28). The van der Waals surface area contributed by atoms with Gasteiger partial charge >= 0.3 is 12.2 Å². The Hall–Kier alpha value is -3.34. The summed E-state index contributed by atoms with van der Waals surface area (Å²) >= 11 is 0. The quantitative estimate of drug-likeness (QED) is 0.358. The molecule has 0 saturated heterocycles. The number of nitrogen functional groups attached to an aromatic ring is 1. The van der Waals surface area contributed by atoms with Crippen LogP contribution in [0.25, 0.3) is 11.2 Å². The minimum Gasteiger partial charge on any atom is -0.332 e. The van der Waals surface area contributed by atoms with E-state index in [1.807, 2.05) is 11.5 Å². The number of allylic oxidation sites excluding steroid dienone is 2. The molecule has 28 heavy (non-hydrogen) atoms. The fraction of sp³-hybridized carbons (Fsp3) is 0.235. The van der Waals surface area contributed by atoms with Gasteiger partial charge in [0, 0.05) is 11.8 Å². The Bertz CT molecular complexity index is 963. The van der Waals surface area contributed by atoms with Crippen LogP contribution < -0.4 is 21.9 Å². The topological polar surface area (TPSA) is 114 Å². The third-order valence-corrected chi connectivity index (χ3v) is 4.04. The number of hydrazine groups is 1. The highest BCUT2D eigenvalue weighted by Gasteiger charge is 2.28. The van der Waals surface area contributed by atoms with Gasteiger partial charge in [-0.1, -0.05) is 18.2 Å². The van der Waals surface area contributed by atoms with E-state index < -0.39 is 30.7 Å². The van der Waals surface area contributed by atoms with E-state index in [4.69, 9.17) is 5.84 Å². The number of fused-ring (bicyclic) bond motifs is 1. The van der Waals surface area contributed by atoms with Gasteiger partial charge in [0.05, 0.1) is 17.9 Å². The first-order chi connectivity index (χ1) is 13.3. The van der Waals surface area contributed by atoms with Crippen molar-refractivity contribution >= 4 is 23.2 Å². The molecule has 0 spiro atoms. The number of amides is 3. The second-order valence-electron chi connectivity index (χ2n) is 6.07. The molecule has 8 nitrogen and oxygen atoms in total. The molecule has 0 bridgehead atoms. The van der Waals surface area contributed by atoms with Gasteiger partial charge in [-0.3, -0.25) is 14.6 Å². The maximum Gasteiger partial charge on any atom is 0.405 e. The Morgan fingerprint density at radius 2 is 2.14 bits per heavy atom. The van der Waals surface area contributed by atoms with Crippen LogP contribution in [-0.4, -0.2) is 40.1 Å². The summed E-state index contributed by atoms with van der Waals surface area (Å²) in [5, 5.41) is 4.27. The van der Waals surface area contributed by atoms with Gasteiger partial charge in [-0.05, 0) is 24.1 Å². The van der Waals surface area contributed by atoms with Crippen molar-refractivity contribution in [2.75, 3.05) is 6.54 Å². The van der Waals surface area contributed by atoms with Crippen molar-refractivity contribution < 1.29 is 22.8 Å². The summed E-state index contributed by atoms with van der Waals surface area (Å²) in [6.45, 7) is -1.40. The van der Waals surface area contributed by atoms with Gasteiger partial charge in [0.2, 0.25) is 0 Å². The molecule has 11 heteroatoms. The van der Waals surface area contributed by atoms with Crippen molar-refractivity contribution in [3.8, 4) is 0 Å². The van der Waals surface area contributed by atoms with Crippen LogP contribution in [0.4, 0.5) is 18.0 Å². The van der Waals surface area contributed by atoms with Crippen molar-refractivity contribution in [1.82, 2.24) is 25.4 Å². The molecule has 2 aromatic rings. The zero-order valence-electron chi connectivity index (χ0n) is 14.5. The van der Waals surface area contributed by atoms with Crippen molar-refractivity contribution in [2.24, 2.45) is 5.84 Å². The van der Waals surface area contributed by atoms with Gasteiger partial charge in [0.25, 0.3) is 5.91 Å². The maximum atomic E-state index is 12.2. The van der Waals surface area contributed by atoms with E-state index in [2.05, 4.69) is 10.3 Å². The SMILES string of the molecule is NNC(=O)c1ccn2c(C3=CC(NC(=O)NCC(F)(F)F)CC=C3)cnc2c1. The van der Waals surface area contributed by atoms with Crippen LogP contribution in [0.15, 0.2) is 42.8 Å². The number of rotatable bonds is 4. The monoisotopic (exact) mass is 394 g/mol. The summed E-state index contributed by atoms with van der Waals surface area (Å²) < 4.78 is 38.3. The Labute approximate surface area is 157 Å². The van der Waals surface area contributed by atoms with Crippen LogP contribution in [0.1, 0.15) is 22.5 Å². The molecule has 1 aliphatic rings. The lowest BCUT2D eigenvalue weighted by Crippen LogP contribution is -2.44. The van der Waals surface area contributed by atoms with Crippen LogP contribution >= 0.6 is 0 Å². The highest BCUT2D eigenvalue weighted by molar-refractivity contribution is 5.94. The lowest BCUT2D eigenvalue weighted by molar-refractivity contribution is -0.122. The molecule has 2 heterocycles. The molecule has 0 aliphatic heterocycles. The number of halogens is 3. The highest BCUT2D eigenvalue weighted by atomic mass is 19.4. The number of imidazole rings is 1.